The number of anilines is 1. The van der Waals surface area contributed by atoms with Crippen molar-refractivity contribution in [3.63, 3.8) is 0 Å². The molecule has 1 aromatic heterocycles. The third-order valence-corrected chi connectivity index (χ3v) is 4.88. The normalized spacial score (nSPS) is 14.2. The molecule has 1 unspecified atom stereocenters. The first kappa shape index (κ1) is 24.5. The molecule has 2 rings (SSSR count). The molecule has 0 spiro atoms. The number of nitrogens with two attached hydrogens (primary N) is 2. The topological polar surface area (TPSA) is 168 Å². The van der Waals surface area contributed by atoms with E-state index in [-0.39, 0.29) is 29.2 Å². The maximum Gasteiger partial charge on any atom is 0.430 e. The first-order chi connectivity index (χ1) is 14.9. The number of primary amides is 1. The van der Waals surface area contributed by atoms with Crippen molar-refractivity contribution >= 4 is 17.6 Å². The number of hydrogen-bond acceptors (Lipinski definition) is 7. The van der Waals surface area contributed by atoms with Crippen molar-refractivity contribution < 1.29 is 27.9 Å². The number of amides is 2. The minimum Gasteiger partial charge on any atom is -0.382 e. The molecule has 170 valence electrons. The molecular weight excluding hydrogens is 429 g/mol. The minimum absolute atomic E-state index is 0.0222. The Kier molecular flexibility index (Phi) is 7.05. The van der Waals surface area contributed by atoms with Gasteiger partial charge in [-0.2, -0.15) is 18.4 Å². The van der Waals surface area contributed by atoms with Crippen molar-refractivity contribution in [3.8, 4) is 17.3 Å². The summed E-state index contributed by atoms with van der Waals surface area (Å²) >= 11 is 0. The lowest BCUT2D eigenvalue weighted by Crippen LogP contribution is -2.52. The van der Waals surface area contributed by atoms with Crippen LogP contribution in [0.4, 0.5) is 19.0 Å². The minimum atomic E-state index is -5.38. The van der Waals surface area contributed by atoms with Crippen LogP contribution in [-0.4, -0.2) is 39.1 Å². The maximum atomic E-state index is 13.4. The molecule has 2 amide bonds. The zero-order valence-electron chi connectivity index (χ0n) is 17.2. The molecule has 2 aromatic rings. The molecule has 0 fully saturated rings. The summed E-state index contributed by atoms with van der Waals surface area (Å²) in [6.45, 7) is 3.32. The van der Waals surface area contributed by atoms with E-state index in [1.165, 1.54) is 6.07 Å². The van der Waals surface area contributed by atoms with E-state index in [4.69, 9.17) is 16.7 Å². The van der Waals surface area contributed by atoms with Crippen molar-refractivity contribution in [3.05, 3.63) is 41.2 Å². The van der Waals surface area contributed by atoms with E-state index in [0.29, 0.717) is 12.0 Å². The van der Waals surface area contributed by atoms with Gasteiger partial charge in [-0.25, -0.2) is 9.97 Å². The number of halogens is 3. The molecule has 6 N–H and O–H groups in total. The molecule has 32 heavy (non-hydrogen) atoms. The Labute approximate surface area is 181 Å². The lowest BCUT2D eigenvalue weighted by molar-refractivity contribution is -0.255. The second kappa shape index (κ2) is 9.19. The van der Waals surface area contributed by atoms with Crippen LogP contribution in [0, 0.1) is 18.3 Å². The Balaban J connectivity index is 2.57. The predicted molar refractivity (Wildman–Crippen MR) is 108 cm³/mol. The number of aryl methyl sites for hydroxylation is 1. The summed E-state index contributed by atoms with van der Waals surface area (Å²) in [6.07, 6.45) is -3.71. The molecule has 1 aromatic carbocycles. The van der Waals surface area contributed by atoms with Crippen LogP contribution < -0.4 is 16.8 Å². The van der Waals surface area contributed by atoms with Crippen LogP contribution >= 0.6 is 0 Å². The molecule has 0 aliphatic heterocycles. The Morgan fingerprint density at radius 2 is 2.00 bits per heavy atom. The van der Waals surface area contributed by atoms with Gasteiger partial charge >= 0.3 is 6.18 Å². The lowest BCUT2D eigenvalue weighted by Gasteiger charge is -2.28. The van der Waals surface area contributed by atoms with Gasteiger partial charge in [-0.1, -0.05) is 19.1 Å². The molecule has 2 atom stereocenters. The Hall–Kier alpha value is -3.72. The number of alkyl halides is 3. The smallest absolute Gasteiger partial charge is 0.382 e. The number of aliphatic hydroxyl groups is 1. The van der Waals surface area contributed by atoms with E-state index in [0.717, 1.165) is 18.3 Å². The number of carbonyl (C=O) groups is 2. The number of aromatic nitrogens is 2. The third kappa shape index (κ3) is 4.62. The molecule has 0 saturated carbocycles. The summed E-state index contributed by atoms with van der Waals surface area (Å²) in [4.78, 5) is 32.1. The van der Waals surface area contributed by atoms with E-state index in [9.17, 15) is 27.9 Å². The number of nitrogens with one attached hydrogen (secondary N) is 1. The van der Waals surface area contributed by atoms with Crippen LogP contribution in [-0.2, 0) is 10.4 Å². The fourth-order valence-corrected chi connectivity index (χ4v) is 2.93. The van der Waals surface area contributed by atoms with Gasteiger partial charge in [0.25, 0.3) is 17.4 Å². The zero-order valence-corrected chi connectivity index (χ0v) is 17.2. The lowest BCUT2D eigenvalue weighted by atomic mass is 9.89. The second-order valence-electron chi connectivity index (χ2n) is 7.03. The molecule has 0 saturated heterocycles. The SMILES string of the molecule is CC[C@@H](CC#N)NC(=O)c1nc(-c2cc(C(O)(C(N)=O)C(F)(F)F)ccc2C)cnc1N. The Morgan fingerprint density at radius 3 is 2.53 bits per heavy atom. The molecule has 1 heterocycles. The third-order valence-electron chi connectivity index (χ3n) is 4.88. The van der Waals surface area contributed by atoms with Gasteiger partial charge in [0, 0.05) is 17.2 Å². The monoisotopic (exact) mass is 450 g/mol. The molecule has 0 aliphatic rings. The van der Waals surface area contributed by atoms with E-state index in [1.807, 2.05) is 6.07 Å². The van der Waals surface area contributed by atoms with Crippen molar-refractivity contribution in [2.75, 3.05) is 5.73 Å². The largest absolute Gasteiger partial charge is 0.430 e. The second-order valence-corrected chi connectivity index (χ2v) is 7.03. The van der Waals surface area contributed by atoms with Gasteiger partial charge < -0.3 is 21.9 Å². The number of nitriles is 1. The van der Waals surface area contributed by atoms with Gasteiger partial charge in [0.2, 0.25) is 0 Å². The van der Waals surface area contributed by atoms with Gasteiger partial charge in [0.1, 0.15) is 0 Å². The molecule has 0 aliphatic carbocycles. The summed E-state index contributed by atoms with van der Waals surface area (Å²) in [5.41, 5.74) is 6.03. The van der Waals surface area contributed by atoms with Gasteiger partial charge in [-0.15, -0.1) is 0 Å². The van der Waals surface area contributed by atoms with Gasteiger partial charge in [0.05, 0.1) is 24.4 Å². The van der Waals surface area contributed by atoms with Crippen molar-refractivity contribution in [2.24, 2.45) is 5.73 Å². The first-order valence-electron chi connectivity index (χ1n) is 9.37. The van der Waals surface area contributed by atoms with Gasteiger partial charge in [0.15, 0.2) is 11.5 Å². The molecule has 9 nitrogen and oxygen atoms in total. The van der Waals surface area contributed by atoms with Crippen LogP contribution in [0.15, 0.2) is 24.4 Å². The zero-order chi connectivity index (χ0) is 24.3. The summed E-state index contributed by atoms with van der Waals surface area (Å²) in [7, 11) is 0. The summed E-state index contributed by atoms with van der Waals surface area (Å²) < 4.78 is 40.3. The molecule has 12 heteroatoms. The predicted octanol–water partition coefficient (Wildman–Crippen LogP) is 1.69. The number of nitrogen functional groups attached to an aromatic ring is 1. The van der Waals surface area contributed by atoms with Gasteiger partial charge in [-0.3, -0.25) is 9.59 Å². The molecule has 0 bridgehead atoms. The van der Waals surface area contributed by atoms with Crippen LogP contribution in [0.2, 0.25) is 0 Å². The van der Waals surface area contributed by atoms with E-state index < -0.39 is 35.2 Å². The highest BCUT2D eigenvalue weighted by molar-refractivity contribution is 5.97. The number of rotatable bonds is 7. The number of hydrogen-bond donors (Lipinski definition) is 4. The van der Waals surface area contributed by atoms with Crippen LogP contribution in [0.3, 0.4) is 0 Å². The highest BCUT2D eigenvalue weighted by Crippen LogP contribution is 2.40. The van der Waals surface area contributed by atoms with Crippen molar-refractivity contribution in [1.29, 1.82) is 5.26 Å². The highest BCUT2D eigenvalue weighted by atomic mass is 19.4. The standard InChI is InChI=1S/C20H21F3N6O3/c1-3-12(6-7-24)28-17(30)15-16(25)27-9-14(29-15)13-8-11(5-4-10(13)2)19(32,18(26)31)20(21,22)23/h4-5,8-9,12,32H,3,6H2,1-2H3,(H2,25,27)(H2,26,31)(H,28,30)/t12-,19?/m0/s1. The van der Waals surface area contributed by atoms with Crippen molar-refractivity contribution in [1.82, 2.24) is 15.3 Å². The van der Waals surface area contributed by atoms with E-state index in [2.05, 4.69) is 15.3 Å². The van der Waals surface area contributed by atoms with E-state index >= 15 is 0 Å². The number of carbonyl (C=O) groups excluding carboxylic acids is 2. The van der Waals surface area contributed by atoms with E-state index in [1.54, 1.807) is 13.8 Å². The van der Waals surface area contributed by atoms with Crippen LogP contribution in [0.1, 0.15) is 41.4 Å². The fourth-order valence-electron chi connectivity index (χ4n) is 2.93. The average Bonchev–Trinajstić information content (AvgIpc) is 2.72. The highest BCUT2D eigenvalue weighted by Gasteiger charge is 2.60. The quantitative estimate of drug-likeness (QED) is 0.498. The fraction of sp³-hybridized carbons (Fsp3) is 0.350. The average molecular weight is 450 g/mol. The maximum absolute atomic E-state index is 13.4. The number of nitrogens with zero attached hydrogens (tertiary/aromatic N) is 3. The number of benzene rings is 1. The Morgan fingerprint density at radius 1 is 1.34 bits per heavy atom. The van der Waals surface area contributed by atoms with Gasteiger partial charge in [-0.05, 0) is 25.0 Å². The molecule has 0 radical (unpaired) electrons. The summed E-state index contributed by atoms with van der Waals surface area (Å²) in [5.74, 6) is -2.93. The summed E-state index contributed by atoms with van der Waals surface area (Å²) in [6, 6.07) is 4.54. The summed E-state index contributed by atoms with van der Waals surface area (Å²) in [5, 5.41) is 21.5. The van der Waals surface area contributed by atoms with Crippen LogP contribution in [0.25, 0.3) is 11.3 Å². The van der Waals surface area contributed by atoms with Crippen molar-refractivity contribution in [2.45, 2.75) is 44.5 Å². The first-order valence-corrected chi connectivity index (χ1v) is 9.37. The Bertz CT molecular complexity index is 1080. The molecular formula is C20H21F3N6O3. The van der Waals surface area contributed by atoms with Crippen LogP contribution in [0.5, 0.6) is 0 Å².